The van der Waals surface area contributed by atoms with Crippen molar-refractivity contribution in [3.63, 3.8) is 0 Å². The number of hydrogen-bond acceptors (Lipinski definition) is 6. The highest BCUT2D eigenvalue weighted by molar-refractivity contribution is 7.89. The smallest absolute Gasteiger partial charge is 0.242 e. The predicted octanol–water partition coefficient (Wildman–Crippen LogP) is -0.794. The quantitative estimate of drug-likeness (QED) is 0.543. The van der Waals surface area contributed by atoms with Crippen molar-refractivity contribution >= 4 is 21.6 Å². The summed E-state index contributed by atoms with van der Waals surface area (Å²) in [6.45, 7) is -2.45. The Hall–Kier alpha value is -1.21. The Morgan fingerprint density at radius 3 is 2.25 bits per heavy atom. The number of aliphatic hydroxyl groups excluding tert-OH is 3. The van der Waals surface area contributed by atoms with Gasteiger partial charge in [0.25, 0.3) is 0 Å². The first kappa shape index (κ1) is 16.8. The summed E-state index contributed by atoms with van der Waals surface area (Å²) in [4.78, 5) is -0.396. The van der Waals surface area contributed by atoms with Crippen LogP contribution in [0, 0.1) is 11.3 Å². The summed E-state index contributed by atoms with van der Waals surface area (Å²) < 4.78 is 26.4. The molecular weight excluding hydrogens is 308 g/mol. The van der Waals surface area contributed by atoms with Crippen LogP contribution in [0.1, 0.15) is 5.56 Å². The molecule has 0 aliphatic rings. The molecule has 9 heteroatoms. The van der Waals surface area contributed by atoms with E-state index in [1.165, 1.54) is 12.1 Å². The van der Waals surface area contributed by atoms with E-state index in [9.17, 15) is 8.42 Å². The Morgan fingerprint density at radius 2 is 1.80 bits per heavy atom. The molecular formula is C11H13ClN2O5S. The Bertz CT molecular complexity index is 614. The Labute approximate surface area is 121 Å². The van der Waals surface area contributed by atoms with Crippen LogP contribution in [0.2, 0.25) is 5.02 Å². The van der Waals surface area contributed by atoms with E-state index in [1.807, 2.05) is 4.72 Å². The van der Waals surface area contributed by atoms with Crippen molar-refractivity contribution in [3.05, 3.63) is 28.8 Å². The van der Waals surface area contributed by atoms with Gasteiger partial charge in [-0.2, -0.15) is 9.98 Å². The molecule has 0 aromatic heterocycles. The second kappa shape index (κ2) is 6.49. The number of nitrogens with zero attached hydrogens (tertiary/aromatic N) is 1. The molecule has 0 aliphatic heterocycles. The molecule has 20 heavy (non-hydrogen) atoms. The zero-order chi connectivity index (χ0) is 15.4. The average molecular weight is 321 g/mol. The first-order valence-corrected chi connectivity index (χ1v) is 7.26. The van der Waals surface area contributed by atoms with Crippen molar-refractivity contribution in [2.75, 3.05) is 19.8 Å². The van der Waals surface area contributed by atoms with E-state index >= 15 is 0 Å². The molecule has 1 aromatic carbocycles. The van der Waals surface area contributed by atoms with E-state index in [2.05, 4.69) is 0 Å². The van der Waals surface area contributed by atoms with Crippen LogP contribution in [0.4, 0.5) is 0 Å². The minimum atomic E-state index is -4.26. The first-order valence-electron chi connectivity index (χ1n) is 5.40. The SMILES string of the molecule is N#Cc1ccc(Cl)cc1S(=O)(=O)NC(CO)(CO)CO. The van der Waals surface area contributed by atoms with Crippen LogP contribution in [-0.4, -0.2) is 49.1 Å². The fraction of sp³-hybridized carbons (Fsp3) is 0.364. The maximum atomic E-state index is 12.2. The molecule has 7 nitrogen and oxygen atoms in total. The van der Waals surface area contributed by atoms with Crippen LogP contribution < -0.4 is 4.72 Å². The lowest BCUT2D eigenvalue weighted by Crippen LogP contribution is -2.56. The van der Waals surface area contributed by atoms with E-state index < -0.39 is 40.3 Å². The fourth-order valence-electron chi connectivity index (χ4n) is 1.40. The number of rotatable bonds is 6. The van der Waals surface area contributed by atoms with Crippen LogP contribution >= 0.6 is 11.6 Å². The number of nitriles is 1. The molecule has 0 heterocycles. The van der Waals surface area contributed by atoms with Crippen molar-refractivity contribution in [2.45, 2.75) is 10.4 Å². The van der Waals surface area contributed by atoms with Gasteiger partial charge in [0.2, 0.25) is 10.0 Å². The summed E-state index contributed by atoms with van der Waals surface area (Å²) in [7, 11) is -4.26. The molecule has 0 aliphatic carbocycles. The van der Waals surface area contributed by atoms with E-state index in [0.29, 0.717) is 0 Å². The van der Waals surface area contributed by atoms with Crippen LogP contribution in [-0.2, 0) is 10.0 Å². The molecule has 1 aromatic rings. The van der Waals surface area contributed by atoms with Gasteiger partial charge in [0, 0.05) is 5.02 Å². The molecule has 110 valence electrons. The highest BCUT2D eigenvalue weighted by Crippen LogP contribution is 2.21. The highest BCUT2D eigenvalue weighted by Gasteiger charge is 2.34. The summed E-state index contributed by atoms with van der Waals surface area (Å²) in [5.41, 5.74) is -1.97. The maximum absolute atomic E-state index is 12.2. The third-order valence-corrected chi connectivity index (χ3v) is 4.47. The lowest BCUT2D eigenvalue weighted by molar-refractivity contribution is 0.0582. The van der Waals surface area contributed by atoms with Crippen LogP contribution in [0.3, 0.4) is 0 Å². The number of aliphatic hydroxyl groups is 3. The summed E-state index contributed by atoms with van der Waals surface area (Å²) in [6.07, 6.45) is 0. The van der Waals surface area contributed by atoms with Crippen molar-refractivity contribution in [2.24, 2.45) is 0 Å². The molecule has 0 spiro atoms. The lowest BCUT2D eigenvalue weighted by Gasteiger charge is -2.28. The Morgan fingerprint density at radius 1 is 1.25 bits per heavy atom. The summed E-state index contributed by atoms with van der Waals surface area (Å²) in [5.74, 6) is 0. The molecule has 0 saturated carbocycles. The van der Waals surface area contributed by atoms with Crippen LogP contribution in [0.15, 0.2) is 23.1 Å². The molecule has 0 bridgehead atoms. The van der Waals surface area contributed by atoms with Crippen molar-refractivity contribution in [1.29, 1.82) is 5.26 Å². The largest absolute Gasteiger partial charge is 0.394 e. The number of halogens is 1. The van der Waals surface area contributed by atoms with Gasteiger partial charge in [0.05, 0.1) is 25.4 Å². The van der Waals surface area contributed by atoms with Gasteiger partial charge in [-0.15, -0.1) is 0 Å². The van der Waals surface area contributed by atoms with E-state index in [0.717, 1.165) is 6.07 Å². The normalized spacial score (nSPS) is 12.2. The van der Waals surface area contributed by atoms with Gasteiger partial charge in [-0.1, -0.05) is 11.6 Å². The topological polar surface area (TPSA) is 131 Å². The number of hydrogen-bond donors (Lipinski definition) is 4. The third-order valence-electron chi connectivity index (χ3n) is 2.61. The standard InChI is InChI=1S/C11H13ClN2O5S/c12-9-2-1-8(4-13)10(3-9)20(18,19)14-11(5-15,6-16)7-17/h1-3,14-17H,5-7H2. The maximum Gasteiger partial charge on any atom is 0.242 e. The van der Waals surface area contributed by atoms with E-state index in [4.69, 9.17) is 32.2 Å². The van der Waals surface area contributed by atoms with Crippen molar-refractivity contribution in [3.8, 4) is 6.07 Å². The molecule has 4 N–H and O–H groups in total. The minimum absolute atomic E-state index is 0.104. The lowest BCUT2D eigenvalue weighted by atomic mass is 10.1. The minimum Gasteiger partial charge on any atom is -0.394 e. The van der Waals surface area contributed by atoms with Gasteiger partial charge < -0.3 is 15.3 Å². The summed E-state index contributed by atoms with van der Waals surface area (Å²) in [5, 5.41) is 36.4. The number of nitrogens with one attached hydrogen (secondary N) is 1. The summed E-state index contributed by atoms with van der Waals surface area (Å²) >= 11 is 5.70. The molecule has 0 unspecified atom stereocenters. The molecule has 1 rings (SSSR count). The van der Waals surface area contributed by atoms with Crippen molar-refractivity contribution in [1.82, 2.24) is 4.72 Å². The second-order valence-corrected chi connectivity index (χ2v) is 6.20. The monoisotopic (exact) mass is 320 g/mol. The molecule has 0 saturated heterocycles. The highest BCUT2D eigenvalue weighted by atomic mass is 35.5. The first-order chi connectivity index (χ1) is 9.34. The van der Waals surface area contributed by atoms with Crippen LogP contribution in [0.5, 0.6) is 0 Å². The van der Waals surface area contributed by atoms with Gasteiger partial charge in [0.15, 0.2) is 0 Å². The Balaban J connectivity index is 3.31. The van der Waals surface area contributed by atoms with Gasteiger partial charge in [-0.3, -0.25) is 0 Å². The molecule has 0 radical (unpaired) electrons. The summed E-state index contributed by atoms with van der Waals surface area (Å²) in [6, 6.07) is 5.36. The second-order valence-electron chi connectivity index (χ2n) is 4.11. The van der Waals surface area contributed by atoms with Gasteiger partial charge in [0.1, 0.15) is 16.5 Å². The fourth-order valence-corrected chi connectivity index (χ4v) is 3.19. The van der Waals surface area contributed by atoms with Gasteiger partial charge >= 0.3 is 0 Å². The molecule has 0 fully saturated rings. The zero-order valence-corrected chi connectivity index (χ0v) is 11.8. The predicted molar refractivity (Wildman–Crippen MR) is 70.5 cm³/mol. The number of benzene rings is 1. The van der Waals surface area contributed by atoms with E-state index in [-0.39, 0.29) is 10.6 Å². The van der Waals surface area contributed by atoms with Gasteiger partial charge in [-0.25, -0.2) is 8.42 Å². The molecule has 0 amide bonds. The third kappa shape index (κ3) is 3.46. The van der Waals surface area contributed by atoms with Crippen LogP contribution in [0.25, 0.3) is 0 Å². The Kier molecular flexibility index (Phi) is 5.47. The van der Waals surface area contributed by atoms with Gasteiger partial charge in [-0.05, 0) is 18.2 Å². The van der Waals surface area contributed by atoms with E-state index in [1.54, 1.807) is 6.07 Å². The number of sulfonamides is 1. The molecule has 0 atom stereocenters. The average Bonchev–Trinajstić information content (AvgIpc) is 2.45. The zero-order valence-electron chi connectivity index (χ0n) is 10.2. The van der Waals surface area contributed by atoms with Crippen molar-refractivity contribution < 1.29 is 23.7 Å².